The molecule has 1 N–H and O–H groups in total. The molecule has 3 aromatic rings. The van der Waals surface area contributed by atoms with Gasteiger partial charge in [0, 0.05) is 18.2 Å². The van der Waals surface area contributed by atoms with Gasteiger partial charge < -0.3 is 10.1 Å². The number of ether oxygens (including phenoxy) is 1. The highest BCUT2D eigenvalue weighted by Gasteiger charge is 2.18. The molecule has 1 unspecified atom stereocenters. The molecule has 1 aliphatic rings. The monoisotopic (exact) mass is 443 g/mol. The van der Waals surface area contributed by atoms with E-state index in [1.54, 1.807) is 22.8 Å². The molecule has 2 aromatic carbocycles. The number of nitrogens with zero attached hydrogens (tertiary/aromatic N) is 2. The Labute approximate surface area is 183 Å². The highest BCUT2D eigenvalue weighted by molar-refractivity contribution is 7.99. The summed E-state index contributed by atoms with van der Waals surface area (Å²) in [7, 11) is 0. The van der Waals surface area contributed by atoms with Crippen LogP contribution in [0.25, 0.3) is 10.9 Å². The van der Waals surface area contributed by atoms with Crippen LogP contribution in [0.5, 0.6) is 0 Å². The van der Waals surface area contributed by atoms with Gasteiger partial charge in [0.1, 0.15) is 0 Å². The molecule has 0 spiro atoms. The van der Waals surface area contributed by atoms with Crippen LogP contribution in [0.3, 0.4) is 0 Å². The second kappa shape index (κ2) is 9.64. The number of nitrogens with one attached hydrogen (secondary N) is 1. The number of benzene rings is 2. The van der Waals surface area contributed by atoms with Gasteiger partial charge in [0.05, 0.1) is 29.3 Å². The predicted molar refractivity (Wildman–Crippen MR) is 119 cm³/mol. The van der Waals surface area contributed by atoms with E-state index in [9.17, 15) is 9.59 Å². The number of aromatic nitrogens is 2. The summed E-state index contributed by atoms with van der Waals surface area (Å²) in [5.74, 6) is 0.0576. The van der Waals surface area contributed by atoms with Crippen LogP contribution in [0, 0.1) is 0 Å². The Kier molecular flexibility index (Phi) is 6.72. The van der Waals surface area contributed by atoms with Crippen molar-refractivity contribution in [2.45, 2.75) is 30.6 Å². The zero-order chi connectivity index (χ0) is 20.9. The molecule has 30 heavy (non-hydrogen) atoms. The summed E-state index contributed by atoms with van der Waals surface area (Å²) >= 11 is 7.56. The largest absolute Gasteiger partial charge is 0.376 e. The minimum Gasteiger partial charge on any atom is -0.376 e. The second-order valence-corrected chi connectivity index (χ2v) is 8.47. The third kappa shape index (κ3) is 4.86. The zero-order valence-electron chi connectivity index (χ0n) is 16.3. The first kappa shape index (κ1) is 20.9. The van der Waals surface area contributed by atoms with Gasteiger partial charge in [-0.25, -0.2) is 4.98 Å². The van der Waals surface area contributed by atoms with Crippen LogP contribution < -0.4 is 10.9 Å². The normalized spacial score (nSPS) is 16.1. The first-order chi connectivity index (χ1) is 14.6. The summed E-state index contributed by atoms with van der Waals surface area (Å²) in [6.07, 6.45) is 2.10. The Bertz CT molecular complexity index is 1110. The van der Waals surface area contributed by atoms with E-state index in [1.165, 1.54) is 11.8 Å². The minimum atomic E-state index is -0.150. The second-order valence-electron chi connectivity index (χ2n) is 7.12. The SMILES string of the molecule is O=C(CSc1nc2ccccc2c(=O)n1Cc1ccccc1Cl)NCC1CCCO1. The molecule has 1 fully saturated rings. The van der Waals surface area contributed by atoms with Crippen molar-refractivity contribution in [2.75, 3.05) is 18.9 Å². The van der Waals surface area contributed by atoms with Crippen LogP contribution in [-0.4, -0.2) is 40.5 Å². The van der Waals surface area contributed by atoms with E-state index >= 15 is 0 Å². The van der Waals surface area contributed by atoms with E-state index in [1.807, 2.05) is 30.3 Å². The fourth-order valence-electron chi connectivity index (χ4n) is 3.41. The maximum Gasteiger partial charge on any atom is 0.262 e. The van der Waals surface area contributed by atoms with Crippen molar-refractivity contribution in [3.63, 3.8) is 0 Å². The molecule has 6 nitrogen and oxygen atoms in total. The molecule has 4 rings (SSSR count). The highest BCUT2D eigenvalue weighted by atomic mass is 35.5. The van der Waals surface area contributed by atoms with Crippen LogP contribution in [-0.2, 0) is 16.1 Å². The van der Waals surface area contributed by atoms with Crippen molar-refractivity contribution in [3.8, 4) is 0 Å². The summed E-state index contributed by atoms with van der Waals surface area (Å²) in [6.45, 7) is 1.55. The third-order valence-corrected chi connectivity index (χ3v) is 6.34. The molecule has 8 heteroatoms. The Morgan fingerprint density at radius 2 is 2.03 bits per heavy atom. The van der Waals surface area contributed by atoms with E-state index in [-0.39, 0.29) is 29.9 Å². The smallest absolute Gasteiger partial charge is 0.262 e. The maximum absolute atomic E-state index is 13.2. The number of hydrogen-bond donors (Lipinski definition) is 1. The predicted octanol–water partition coefficient (Wildman–Crippen LogP) is 3.49. The molecule has 0 bridgehead atoms. The first-order valence-corrected chi connectivity index (χ1v) is 11.2. The van der Waals surface area contributed by atoms with Crippen molar-refractivity contribution in [3.05, 3.63) is 69.5 Å². The molecule has 1 aliphatic heterocycles. The van der Waals surface area contributed by atoms with Gasteiger partial charge in [0.15, 0.2) is 5.16 Å². The van der Waals surface area contributed by atoms with Crippen LogP contribution >= 0.6 is 23.4 Å². The number of carbonyl (C=O) groups excluding carboxylic acids is 1. The Morgan fingerprint density at radius 1 is 1.23 bits per heavy atom. The fraction of sp³-hybridized carbons (Fsp3) is 0.318. The van der Waals surface area contributed by atoms with Crippen molar-refractivity contribution in [1.82, 2.24) is 14.9 Å². The lowest BCUT2D eigenvalue weighted by molar-refractivity contribution is -0.119. The Morgan fingerprint density at radius 3 is 2.83 bits per heavy atom. The summed E-state index contributed by atoms with van der Waals surface area (Å²) in [6, 6.07) is 14.6. The van der Waals surface area contributed by atoms with Gasteiger partial charge >= 0.3 is 0 Å². The minimum absolute atomic E-state index is 0.0937. The quantitative estimate of drug-likeness (QED) is 0.447. The summed E-state index contributed by atoms with van der Waals surface area (Å²) in [5, 5.41) is 4.52. The lowest BCUT2D eigenvalue weighted by Crippen LogP contribution is -2.33. The molecule has 2 heterocycles. The Hall–Kier alpha value is -2.35. The maximum atomic E-state index is 13.2. The molecule has 1 amide bonds. The van der Waals surface area contributed by atoms with E-state index in [0.29, 0.717) is 27.6 Å². The van der Waals surface area contributed by atoms with Crippen molar-refractivity contribution in [2.24, 2.45) is 0 Å². The topological polar surface area (TPSA) is 73.2 Å². The molecule has 0 saturated carbocycles. The Balaban J connectivity index is 1.56. The number of rotatable bonds is 7. The first-order valence-electron chi connectivity index (χ1n) is 9.86. The van der Waals surface area contributed by atoms with Gasteiger partial charge in [-0.1, -0.05) is 53.7 Å². The number of carbonyl (C=O) groups is 1. The van der Waals surface area contributed by atoms with Crippen LogP contribution in [0.2, 0.25) is 5.02 Å². The van der Waals surface area contributed by atoms with Crippen LogP contribution in [0.4, 0.5) is 0 Å². The summed E-state index contributed by atoms with van der Waals surface area (Å²) in [4.78, 5) is 30.1. The molecular formula is C22H22ClN3O3S. The van der Waals surface area contributed by atoms with Crippen molar-refractivity contribution >= 4 is 40.2 Å². The van der Waals surface area contributed by atoms with Crippen LogP contribution in [0.15, 0.2) is 58.5 Å². The van der Waals surface area contributed by atoms with Crippen molar-refractivity contribution in [1.29, 1.82) is 0 Å². The average Bonchev–Trinajstić information content (AvgIpc) is 3.28. The van der Waals surface area contributed by atoms with E-state index in [0.717, 1.165) is 25.0 Å². The fourth-order valence-corrected chi connectivity index (χ4v) is 4.43. The van der Waals surface area contributed by atoms with Gasteiger partial charge in [-0.15, -0.1) is 0 Å². The van der Waals surface area contributed by atoms with Gasteiger partial charge in [-0.05, 0) is 36.6 Å². The highest BCUT2D eigenvalue weighted by Crippen LogP contribution is 2.21. The standard InChI is InChI=1S/C22H22ClN3O3S/c23-18-9-3-1-6-15(18)13-26-21(28)17-8-2-4-10-19(17)25-22(26)30-14-20(27)24-12-16-7-5-11-29-16/h1-4,6,8-10,16H,5,7,11-14H2,(H,24,27). The summed E-state index contributed by atoms with van der Waals surface area (Å²) in [5.41, 5.74) is 1.28. The number of para-hydroxylation sites is 1. The number of hydrogen-bond acceptors (Lipinski definition) is 5. The lowest BCUT2D eigenvalue weighted by atomic mass is 10.2. The molecule has 1 atom stereocenters. The molecule has 0 aliphatic carbocycles. The van der Waals surface area contributed by atoms with Gasteiger partial charge in [-0.2, -0.15) is 0 Å². The molecule has 1 aromatic heterocycles. The molecule has 156 valence electrons. The van der Waals surface area contributed by atoms with E-state index in [2.05, 4.69) is 10.3 Å². The number of fused-ring (bicyclic) bond motifs is 1. The van der Waals surface area contributed by atoms with Gasteiger partial charge in [0.2, 0.25) is 5.91 Å². The number of halogens is 1. The van der Waals surface area contributed by atoms with E-state index in [4.69, 9.17) is 16.3 Å². The summed E-state index contributed by atoms with van der Waals surface area (Å²) < 4.78 is 7.12. The number of thioether (sulfide) groups is 1. The third-order valence-electron chi connectivity index (χ3n) is 5.00. The van der Waals surface area contributed by atoms with Crippen molar-refractivity contribution < 1.29 is 9.53 Å². The van der Waals surface area contributed by atoms with Gasteiger partial charge in [-0.3, -0.25) is 14.2 Å². The molecule has 1 saturated heterocycles. The number of amides is 1. The zero-order valence-corrected chi connectivity index (χ0v) is 17.9. The molecule has 0 radical (unpaired) electrons. The van der Waals surface area contributed by atoms with E-state index < -0.39 is 0 Å². The van der Waals surface area contributed by atoms with Gasteiger partial charge in [0.25, 0.3) is 5.56 Å². The average molecular weight is 444 g/mol. The molecular weight excluding hydrogens is 422 g/mol. The lowest BCUT2D eigenvalue weighted by Gasteiger charge is -2.14. The van der Waals surface area contributed by atoms with Crippen LogP contribution in [0.1, 0.15) is 18.4 Å².